The van der Waals surface area contributed by atoms with Gasteiger partial charge >= 0.3 is 0 Å². The monoisotopic (exact) mass is 435 g/mol. The lowest BCUT2D eigenvalue weighted by Gasteiger charge is -2.41. The smallest absolute Gasteiger partial charge is 0.192 e. The first-order chi connectivity index (χ1) is 12.1. The largest absolute Gasteiger partial charge is 0.488 e. The van der Waals surface area contributed by atoms with Gasteiger partial charge in [-0.15, -0.1) is 0 Å². The van der Waals surface area contributed by atoms with Crippen molar-refractivity contribution in [2.45, 2.75) is 64.5 Å². The molecular formula is C21H30BrNO2Si. The van der Waals surface area contributed by atoms with Crippen molar-refractivity contribution < 1.29 is 9.16 Å². The van der Waals surface area contributed by atoms with Gasteiger partial charge in [0.25, 0.3) is 0 Å². The first-order valence-corrected chi connectivity index (χ1v) is 12.8. The molecule has 0 aliphatic carbocycles. The topological polar surface area (TPSA) is 31.4 Å². The third-order valence-corrected chi connectivity index (χ3v) is 10.1. The molecule has 0 bridgehead atoms. The van der Waals surface area contributed by atoms with Crippen LogP contribution in [0.2, 0.25) is 18.1 Å². The number of pyridine rings is 1. The van der Waals surface area contributed by atoms with Gasteiger partial charge < -0.3 is 9.16 Å². The summed E-state index contributed by atoms with van der Waals surface area (Å²) in [6.45, 7) is 13.5. The predicted molar refractivity (Wildman–Crippen MR) is 114 cm³/mol. The van der Waals surface area contributed by atoms with Crippen LogP contribution in [0.25, 0.3) is 0 Å². The molecule has 0 fully saturated rings. The van der Waals surface area contributed by atoms with Gasteiger partial charge in [-0.25, -0.2) is 0 Å². The number of hydrogen-bond acceptors (Lipinski definition) is 3. The second-order valence-electron chi connectivity index (χ2n) is 8.26. The number of aromatic nitrogens is 1. The maximum absolute atomic E-state index is 6.74. The Bertz CT molecular complexity index is 683. The molecule has 3 nitrogen and oxygen atoms in total. The fourth-order valence-corrected chi connectivity index (χ4v) is 4.06. The number of hydrogen-bond donors (Lipinski definition) is 0. The highest BCUT2D eigenvalue weighted by Crippen LogP contribution is 2.38. The molecule has 0 saturated heterocycles. The summed E-state index contributed by atoms with van der Waals surface area (Å²) < 4.78 is 14.0. The van der Waals surface area contributed by atoms with Gasteiger partial charge in [0.2, 0.25) is 0 Å². The first kappa shape index (κ1) is 21.1. The molecule has 1 unspecified atom stereocenters. The van der Waals surface area contributed by atoms with Crippen molar-refractivity contribution in [1.29, 1.82) is 0 Å². The zero-order valence-electron chi connectivity index (χ0n) is 16.6. The third kappa shape index (κ3) is 5.93. The van der Waals surface area contributed by atoms with E-state index in [9.17, 15) is 0 Å². The minimum atomic E-state index is -1.92. The van der Waals surface area contributed by atoms with Crippen LogP contribution in [0.1, 0.15) is 33.3 Å². The lowest BCUT2D eigenvalue weighted by Crippen LogP contribution is -2.48. The zero-order chi connectivity index (χ0) is 19.4. The Balaban J connectivity index is 2.19. The third-order valence-electron chi connectivity index (χ3n) is 5.07. The van der Waals surface area contributed by atoms with Crippen molar-refractivity contribution in [3.63, 3.8) is 0 Å². The molecule has 1 heterocycles. The summed E-state index contributed by atoms with van der Waals surface area (Å²) in [6, 6.07) is 12.0. The summed E-state index contributed by atoms with van der Waals surface area (Å²) in [7, 11) is -1.92. The molecule has 5 heteroatoms. The lowest BCUT2D eigenvalue weighted by atomic mass is 10.1. The van der Waals surface area contributed by atoms with Crippen molar-refractivity contribution in [3.05, 3.63) is 58.8 Å². The van der Waals surface area contributed by atoms with E-state index in [1.165, 1.54) is 5.56 Å². The molecule has 0 aliphatic rings. The number of rotatable bonds is 7. The molecule has 2 aromatic rings. The van der Waals surface area contributed by atoms with Crippen molar-refractivity contribution in [3.8, 4) is 5.75 Å². The van der Waals surface area contributed by atoms with E-state index in [1.54, 1.807) is 6.20 Å². The molecule has 2 rings (SSSR count). The van der Waals surface area contributed by atoms with Gasteiger partial charge in [0.05, 0.1) is 6.10 Å². The SMILES string of the molecule is C[C@@H](Oc1ccc(Br)cc1)C(Cc1cccnc1)O[Si](C)(C)C(C)(C)C. The Kier molecular flexibility index (Phi) is 7.05. The summed E-state index contributed by atoms with van der Waals surface area (Å²) in [6.07, 6.45) is 4.41. The standard InChI is InChI=1S/C21H30BrNO2Si/c1-16(24-19-11-9-18(22)10-12-19)20(14-17-8-7-13-23-15-17)25-26(5,6)21(2,3)4/h7-13,15-16,20H,14H2,1-6H3/t16-,20?/m1/s1. The molecule has 1 aromatic carbocycles. The Morgan fingerprint density at radius 2 is 1.77 bits per heavy atom. The van der Waals surface area contributed by atoms with Crippen molar-refractivity contribution in [1.82, 2.24) is 4.98 Å². The van der Waals surface area contributed by atoms with Crippen molar-refractivity contribution in [2.75, 3.05) is 0 Å². The maximum atomic E-state index is 6.74. The lowest BCUT2D eigenvalue weighted by molar-refractivity contribution is 0.0556. The van der Waals surface area contributed by atoms with Crippen LogP contribution in [0.4, 0.5) is 0 Å². The van der Waals surface area contributed by atoms with Crippen LogP contribution in [-0.4, -0.2) is 25.5 Å². The van der Waals surface area contributed by atoms with E-state index < -0.39 is 8.32 Å². The van der Waals surface area contributed by atoms with Gasteiger partial charge in [-0.3, -0.25) is 4.98 Å². The van der Waals surface area contributed by atoms with Crippen LogP contribution in [0.3, 0.4) is 0 Å². The van der Waals surface area contributed by atoms with Crippen molar-refractivity contribution in [2.24, 2.45) is 0 Å². The molecule has 2 atom stereocenters. The van der Waals surface area contributed by atoms with Crippen LogP contribution in [0, 0.1) is 0 Å². The molecule has 0 saturated carbocycles. The fourth-order valence-electron chi connectivity index (χ4n) is 2.41. The number of ether oxygens (including phenoxy) is 1. The van der Waals surface area contributed by atoms with Gasteiger partial charge in [-0.2, -0.15) is 0 Å². The van der Waals surface area contributed by atoms with E-state index in [4.69, 9.17) is 9.16 Å². The molecular weight excluding hydrogens is 406 g/mol. The van der Waals surface area contributed by atoms with Gasteiger partial charge in [0.15, 0.2) is 8.32 Å². The Morgan fingerprint density at radius 1 is 1.12 bits per heavy atom. The molecule has 26 heavy (non-hydrogen) atoms. The first-order valence-electron chi connectivity index (χ1n) is 9.07. The molecule has 0 spiro atoms. The molecule has 0 radical (unpaired) electrons. The number of halogens is 1. The van der Waals surface area contributed by atoms with Gasteiger partial charge in [0.1, 0.15) is 11.9 Å². The Labute approximate surface area is 167 Å². The molecule has 0 N–H and O–H groups in total. The highest BCUT2D eigenvalue weighted by atomic mass is 79.9. The minimum Gasteiger partial charge on any atom is -0.488 e. The average molecular weight is 436 g/mol. The summed E-state index contributed by atoms with van der Waals surface area (Å²) >= 11 is 3.46. The van der Waals surface area contributed by atoms with Crippen molar-refractivity contribution >= 4 is 24.2 Å². The van der Waals surface area contributed by atoms with E-state index >= 15 is 0 Å². The zero-order valence-corrected chi connectivity index (χ0v) is 19.2. The number of benzene rings is 1. The predicted octanol–water partition coefficient (Wildman–Crippen LogP) is 6.24. The normalized spacial score (nSPS) is 14.7. The Morgan fingerprint density at radius 3 is 2.31 bits per heavy atom. The average Bonchev–Trinajstić information content (AvgIpc) is 2.56. The van der Waals surface area contributed by atoms with Gasteiger partial charge in [-0.1, -0.05) is 42.8 Å². The van der Waals surface area contributed by atoms with E-state index in [1.807, 2.05) is 36.5 Å². The van der Waals surface area contributed by atoms with E-state index in [-0.39, 0.29) is 17.2 Å². The number of nitrogens with zero attached hydrogens (tertiary/aromatic N) is 1. The van der Waals surface area contributed by atoms with E-state index in [2.05, 4.69) is 67.8 Å². The van der Waals surface area contributed by atoms with Gasteiger partial charge in [0, 0.05) is 23.3 Å². The highest BCUT2D eigenvalue weighted by Gasteiger charge is 2.40. The molecule has 1 aromatic heterocycles. The Hall–Kier alpha value is -1.17. The second kappa shape index (κ2) is 8.68. The van der Waals surface area contributed by atoms with Crippen LogP contribution in [-0.2, 0) is 10.8 Å². The van der Waals surface area contributed by atoms with Crippen LogP contribution >= 0.6 is 15.9 Å². The minimum absolute atomic E-state index is 0.0243. The van der Waals surface area contributed by atoms with Gasteiger partial charge in [-0.05, 0) is 61.0 Å². The van der Waals surface area contributed by atoms with E-state index in [0.717, 1.165) is 16.6 Å². The van der Waals surface area contributed by atoms with E-state index in [0.29, 0.717) is 0 Å². The molecule has 0 amide bonds. The van der Waals surface area contributed by atoms with Crippen LogP contribution < -0.4 is 4.74 Å². The quantitative estimate of drug-likeness (QED) is 0.481. The molecule has 0 aliphatic heterocycles. The molecule has 142 valence electrons. The highest BCUT2D eigenvalue weighted by molar-refractivity contribution is 9.10. The summed E-state index contributed by atoms with van der Waals surface area (Å²) in [5.41, 5.74) is 1.17. The second-order valence-corrected chi connectivity index (χ2v) is 13.9. The summed E-state index contributed by atoms with van der Waals surface area (Å²) in [5.74, 6) is 0.857. The maximum Gasteiger partial charge on any atom is 0.192 e. The van der Waals surface area contributed by atoms with Crippen LogP contribution in [0.5, 0.6) is 5.75 Å². The summed E-state index contributed by atoms with van der Waals surface area (Å²) in [5, 5.41) is 0.150. The van der Waals surface area contributed by atoms with Crippen LogP contribution in [0.15, 0.2) is 53.3 Å². The fraction of sp³-hybridized carbons (Fsp3) is 0.476. The summed E-state index contributed by atoms with van der Waals surface area (Å²) in [4.78, 5) is 4.25.